The molecule has 18 heavy (non-hydrogen) atoms. The molecule has 0 saturated carbocycles. The average molecular weight is 274 g/mol. The van der Waals surface area contributed by atoms with Gasteiger partial charge in [-0.3, -0.25) is 4.79 Å². The quantitative estimate of drug-likeness (QED) is 0.483. The van der Waals surface area contributed by atoms with E-state index in [0.29, 0.717) is 5.56 Å². The van der Waals surface area contributed by atoms with Gasteiger partial charge in [0.2, 0.25) is 0 Å². The van der Waals surface area contributed by atoms with Crippen molar-refractivity contribution >= 4 is 17.5 Å². The van der Waals surface area contributed by atoms with E-state index in [1.165, 1.54) is 6.20 Å². The highest BCUT2D eigenvalue weighted by atomic mass is 35.5. The zero-order valence-electron chi connectivity index (χ0n) is 9.44. The minimum absolute atomic E-state index is 0.312. The lowest BCUT2D eigenvalue weighted by Crippen LogP contribution is -2.44. The van der Waals surface area contributed by atoms with E-state index in [1.807, 2.05) is 0 Å². The van der Waals surface area contributed by atoms with Crippen molar-refractivity contribution in [2.45, 2.75) is 23.8 Å². The Hall–Kier alpha value is -1.21. The van der Waals surface area contributed by atoms with Crippen molar-refractivity contribution < 1.29 is 24.3 Å². The number of pyridine rings is 1. The molecule has 4 N–H and O–H groups in total. The summed E-state index contributed by atoms with van der Waals surface area (Å²) in [6.07, 6.45) is 0.792. The molecule has 1 saturated heterocycles. The van der Waals surface area contributed by atoms with Gasteiger partial charge in [0.05, 0.1) is 6.61 Å². The predicted molar refractivity (Wildman–Crippen MR) is 61.8 cm³/mol. The largest absolute Gasteiger partial charge is 0.394 e. The Kier molecular flexibility index (Phi) is 3.82. The number of nitrogens with two attached hydrogens (primary N) is 1. The van der Waals surface area contributed by atoms with Crippen LogP contribution in [0.15, 0.2) is 24.5 Å². The Bertz CT molecular complexity index is 456. The van der Waals surface area contributed by atoms with Crippen molar-refractivity contribution in [1.29, 1.82) is 0 Å². The Balaban J connectivity index is 2.27. The highest BCUT2D eigenvalue weighted by Gasteiger charge is 2.47. The number of ether oxygens (including phenoxy) is 1. The maximum atomic E-state index is 11.1. The van der Waals surface area contributed by atoms with Crippen LogP contribution in [0.4, 0.5) is 0 Å². The van der Waals surface area contributed by atoms with E-state index in [1.54, 1.807) is 22.9 Å². The van der Waals surface area contributed by atoms with Crippen molar-refractivity contribution in [2.75, 3.05) is 6.61 Å². The van der Waals surface area contributed by atoms with Crippen LogP contribution >= 0.6 is 11.6 Å². The Morgan fingerprint density at radius 3 is 2.89 bits per heavy atom. The van der Waals surface area contributed by atoms with Crippen LogP contribution in [-0.2, 0) is 4.74 Å². The number of hydrogen-bond acceptors (Lipinski definition) is 4. The number of hydrogen-bond donors (Lipinski definition) is 3. The second-order valence-corrected chi connectivity index (χ2v) is 4.59. The summed E-state index contributed by atoms with van der Waals surface area (Å²) in [7, 11) is 0. The molecule has 1 unspecified atom stereocenters. The standard InChI is InChI=1S/C11H13ClN2O4/c12-8-9(16)7(5-15)18-11(8)14-3-1-2-6(4-14)10(13)17/h1-4,7-9,11,15-16H,5H2,(H-,13,17)/p+1/t7-,8-,9?,11-/m1/s1. The van der Waals surface area contributed by atoms with E-state index in [0.717, 1.165) is 0 Å². The average Bonchev–Trinajstić information content (AvgIpc) is 2.66. The molecule has 6 nitrogen and oxygen atoms in total. The number of halogens is 1. The first-order valence-electron chi connectivity index (χ1n) is 5.43. The van der Waals surface area contributed by atoms with Gasteiger partial charge in [0.15, 0.2) is 17.8 Å². The molecule has 1 fully saturated rings. The lowest BCUT2D eigenvalue weighted by molar-refractivity contribution is -0.758. The highest BCUT2D eigenvalue weighted by molar-refractivity contribution is 6.21. The molecule has 1 aromatic rings. The molecular weight excluding hydrogens is 260 g/mol. The molecule has 7 heteroatoms. The van der Waals surface area contributed by atoms with E-state index >= 15 is 0 Å². The molecule has 1 aliphatic rings. The summed E-state index contributed by atoms with van der Waals surface area (Å²) >= 11 is 6.05. The minimum Gasteiger partial charge on any atom is -0.394 e. The van der Waals surface area contributed by atoms with Crippen LogP contribution in [0.1, 0.15) is 16.6 Å². The van der Waals surface area contributed by atoms with Gasteiger partial charge in [-0.1, -0.05) is 0 Å². The fraction of sp³-hybridized carbons (Fsp3) is 0.455. The summed E-state index contributed by atoms with van der Waals surface area (Å²) in [5.41, 5.74) is 5.49. The first kappa shape index (κ1) is 13.2. The third-order valence-electron chi connectivity index (χ3n) is 2.87. The third-order valence-corrected chi connectivity index (χ3v) is 3.35. The van der Waals surface area contributed by atoms with E-state index in [-0.39, 0.29) is 6.61 Å². The first-order chi connectivity index (χ1) is 8.54. The maximum absolute atomic E-state index is 11.1. The fourth-order valence-corrected chi connectivity index (χ4v) is 2.24. The van der Waals surface area contributed by atoms with Crippen molar-refractivity contribution in [2.24, 2.45) is 5.73 Å². The molecule has 1 aliphatic heterocycles. The Morgan fingerprint density at radius 1 is 1.61 bits per heavy atom. The number of aliphatic hydroxyl groups excluding tert-OH is 2. The number of alkyl halides is 1. The molecule has 2 rings (SSSR count). The van der Waals surface area contributed by atoms with Crippen LogP contribution in [0.5, 0.6) is 0 Å². The highest BCUT2D eigenvalue weighted by Crippen LogP contribution is 2.29. The molecule has 1 aromatic heterocycles. The molecule has 0 spiro atoms. The SMILES string of the molecule is NC(=O)c1ccc[n+]([C@@H]2O[C@H](CO)C(O)[C@H]2Cl)c1. The summed E-state index contributed by atoms with van der Waals surface area (Å²) in [5.74, 6) is -0.562. The van der Waals surface area contributed by atoms with Gasteiger partial charge in [-0.2, -0.15) is 4.57 Å². The summed E-state index contributed by atoms with van der Waals surface area (Å²) < 4.78 is 6.99. The monoisotopic (exact) mass is 273 g/mol. The fourth-order valence-electron chi connectivity index (χ4n) is 1.89. The predicted octanol–water partition coefficient (Wildman–Crippen LogP) is -1.07. The molecule has 0 radical (unpaired) electrons. The van der Waals surface area contributed by atoms with Crippen molar-refractivity contribution in [1.82, 2.24) is 0 Å². The molecule has 4 atom stereocenters. The van der Waals surface area contributed by atoms with Gasteiger partial charge >= 0.3 is 0 Å². The van der Waals surface area contributed by atoms with Crippen LogP contribution in [0, 0.1) is 0 Å². The molecule has 98 valence electrons. The number of primary amides is 1. The van der Waals surface area contributed by atoms with Gasteiger partial charge in [0.25, 0.3) is 12.1 Å². The summed E-state index contributed by atoms with van der Waals surface area (Å²) in [5, 5.41) is 18.1. The van der Waals surface area contributed by atoms with Crippen molar-refractivity contribution in [3.63, 3.8) is 0 Å². The topological polar surface area (TPSA) is 96.7 Å². The van der Waals surface area contributed by atoms with Crippen LogP contribution in [-0.4, -0.2) is 40.3 Å². The van der Waals surface area contributed by atoms with Crippen LogP contribution in [0.25, 0.3) is 0 Å². The van der Waals surface area contributed by atoms with Gasteiger partial charge in [-0.25, -0.2) is 0 Å². The Morgan fingerprint density at radius 2 is 2.33 bits per heavy atom. The zero-order chi connectivity index (χ0) is 13.3. The van der Waals surface area contributed by atoms with Gasteiger partial charge in [0.1, 0.15) is 17.8 Å². The number of aliphatic hydroxyl groups is 2. The van der Waals surface area contributed by atoms with Gasteiger partial charge in [0, 0.05) is 6.07 Å². The van der Waals surface area contributed by atoms with Crippen LogP contribution in [0.3, 0.4) is 0 Å². The first-order valence-corrected chi connectivity index (χ1v) is 5.87. The second-order valence-electron chi connectivity index (χ2n) is 4.09. The van der Waals surface area contributed by atoms with Crippen LogP contribution < -0.4 is 10.3 Å². The zero-order valence-corrected chi connectivity index (χ0v) is 10.2. The summed E-state index contributed by atoms with van der Waals surface area (Å²) in [4.78, 5) is 11.1. The summed E-state index contributed by atoms with van der Waals surface area (Å²) in [6, 6.07) is 3.20. The third kappa shape index (κ3) is 2.32. The molecule has 0 aromatic carbocycles. The number of rotatable bonds is 3. The molecule has 2 heterocycles. The van der Waals surface area contributed by atoms with Crippen molar-refractivity contribution in [3.05, 3.63) is 30.1 Å². The van der Waals surface area contributed by atoms with Crippen molar-refractivity contribution in [3.8, 4) is 0 Å². The normalized spacial score (nSPS) is 31.5. The number of carbonyl (C=O) groups excluding carboxylic acids is 1. The number of aromatic nitrogens is 1. The minimum atomic E-state index is -0.966. The second kappa shape index (κ2) is 5.19. The number of amides is 1. The Labute approximate surface area is 109 Å². The smallest absolute Gasteiger partial charge is 0.282 e. The van der Waals surface area contributed by atoms with Crippen LogP contribution in [0.2, 0.25) is 0 Å². The van der Waals surface area contributed by atoms with E-state index in [4.69, 9.17) is 27.2 Å². The molecular formula is C11H14ClN2O4+. The maximum Gasteiger partial charge on any atom is 0.282 e. The summed E-state index contributed by atoms with van der Waals surface area (Å²) in [6.45, 7) is -0.322. The van der Waals surface area contributed by atoms with Gasteiger partial charge < -0.3 is 20.7 Å². The van der Waals surface area contributed by atoms with E-state index in [9.17, 15) is 9.90 Å². The molecule has 1 amide bonds. The van der Waals surface area contributed by atoms with E-state index in [2.05, 4.69) is 0 Å². The molecule has 0 aliphatic carbocycles. The lowest BCUT2D eigenvalue weighted by atomic mass is 10.2. The number of nitrogens with zero attached hydrogens (tertiary/aromatic N) is 1. The number of carbonyl (C=O) groups is 1. The van der Waals surface area contributed by atoms with Gasteiger partial charge in [-0.05, 0) is 6.07 Å². The molecule has 0 bridgehead atoms. The lowest BCUT2D eigenvalue weighted by Gasteiger charge is -2.09. The van der Waals surface area contributed by atoms with Gasteiger partial charge in [-0.15, -0.1) is 11.6 Å². The van der Waals surface area contributed by atoms with E-state index < -0.39 is 29.7 Å².